The second-order valence-corrected chi connectivity index (χ2v) is 5.48. The largest absolute Gasteiger partial charge is 0.294 e. The van der Waals surface area contributed by atoms with Crippen LogP contribution in [0, 0.1) is 26.6 Å². The second kappa shape index (κ2) is 5.76. The van der Waals surface area contributed by atoms with Gasteiger partial charge in [-0.2, -0.15) is 0 Å². The van der Waals surface area contributed by atoms with Gasteiger partial charge in [0.25, 0.3) is 0 Å². The molecule has 3 heteroatoms. The number of carbonyl (C=O) groups excluding carboxylic acids is 1. The second-order valence-electron chi connectivity index (χ2n) is 5.07. The Hall–Kier alpha value is -1.67. The summed E-state index contributed by atoms with van der Waals surface area (Å²) in [5, 5.41) is 0.164. The standard InChI is InChI=1S/C17H16ClFO/c1-10-7-11(2)13(12(3)8-10)9-16(20)17-14(18)5-4-6-15(17)19/h4-8H,9H2,1-3H3. The highest BCUT2D eigenvalue weighted by Gasteiger charge is 2.17. The smallest absolute Gasteiger partial charge is 0.171 e. The van der Waals surface area contributed by atoms with Gasteiger partial charge in [0.2, 0.25) is 0 Å². The van der Waals surface area contributed by atoms with Gasteiger partial charge in [-0.1, -0.05) is 35.4 Å². The van der Waals surface area contributed by atoms with Crippen molar-refractivity contribution >= 4 is 17.4 Å². The van der Waals surface area contributed by atoms with Crippen molar-refractivity contribution in [2.24, 2.45) is 0 Å². The van der Waals surface area contributed by atoms with Gasteiger partial charge in [0.05, 0.1) is 10.6 Å². The minimum Gasteiger partial charge on any atom is -0.294 e. The van der Waals surface area contributed by atoms with Crippen LogP contribution < -0.4 is 0 Å². The molecule has 20 heavy (non-hydrogen) atoms. The summed E-state index contributed by atoms with van der Waals surface area (Å²) in [5.41, 5.74) is 4.17. The van der Waals surface area contributed by atoms with E-state index in [0.29, 0.717) is 0 Å². The maximum Gasteiger partial charge on any atom is 0.171 e. The minimum atomic E-state index is -0.565. The molecule has 0 aromatic heterocycles. The number of hydrogen-bond donors (Lipinski definition) is 0. The van der Waals surface area contributed by atoms with Crippen LogP contribution in [-0.4, -0.2) is 5.78 Å². The Labute approximate surface area is 123 Å². The van der Waals surface area contributed by atoms with E-state index in [1.165, 1.54) is 18.2 Å². The van der Waals surface area contributed by atoms with Crippen molar-refractivity contribution in [3.8, 4) is 0 Å². The zero-order chi connectivity index (χ0) is 14.9. The lowest BCUT2D eigenvalue weighted by Gasteiger charge is -2.11. The molecule has 0 fully saturated rings. The summed E-state index contributed by atoms with van der Waals surface area (Å²) < 4.78 is 13.8. The van der Waals surface area contributed by atoms with Gasteiger partial charge in [0.1, 0.15) is 5.82 Å². The van der Waals surface area contributed by atoms with Crippen molar-refractivity contribution in [1.82, 2.24) is 0 Å². The molecule has 0 heterocycles. The predicted octanol–water partition coefficient (Wildman–Crippen LogP) is 4.83. The summed E-state index contributed by atoms with van der Waals surface area (Å²) in [4.78, 5) is 12.3. The molecule has 0 radical (unpaired) electrons. The van der Waals surface area contributed by atoms with Crippen LogP contribution in [0.3, 0.4) is 0 Å². The van der Waals surface area contributed by atoms with Crippen LogP contribution in [0.4, 0.5) is 4.39 Å². The fourth-order valence-corrected chi connectivity index (χ4v) is 2.77. The molecule has 0 saturated carbocycles. The quantitative estimate of drug-likeness (QED) is 0.740. The monoisotopic (exact) mass is 290 g/mol. The van der Waals surface area contributed by atoms with E-state index in [1.807, 2.05) is 32.9 Å². The van der Waals surface area contributed by atoms with Gasteiger partial charge in [0, 0.05) is 6.42 Å². The number of halogens is 2. The van der Waals surface area contributed by atoms with Gasteiger partial charge >= 0.3 is 0 Å². The van der Waals surface area contributed by atoms with E-state index in [-0.39, 0.29) is 22.8 Å². The zero-order valence-corrected chi connectivity index (χ0v) is 12.5. The number of rotatable bonds is 3. The van der Waals surface area contributed by atoms with E-state index >= 15 is 0 Å². The lowest BCUT2D eigenvalue weighted by Crippen LogP contribution is -2.09. The van der Waals surface area contributed by atoms with E-state index in [9.17, 15) is 9.18 Å². The Bertz CT molecular complexity index is 633. The van der Waals surface area contributed by atoms with Crippen molar-refractivity contribution in [3.05, 3.63) is 69.0 Å². The molecule has 2 aromatic rings. The first-order valence-corrected chi connectivity index (χ1v) is 6.82. The predicted molar refractivity (Wildman–Crippen MR) is 80.1 cm³/mol. The average Bonchev–Trinajstić information content (AvgIpc) is 2.33. The number of hydrogen-bond acceptors (Lipinski definition) is 1. The van der Waals surface area contributed by atoms with Crippen molar-refractivity contribution < 1.29 is 9.18 Å². The normalized spacial score (nSPS) is 10.7. The van der Waals surface area contributed by atoms with Crippen LogP contribution in [0.5, 0.6) is 0 Å². The Kier molecular flexibility index (Phi) is 4.24. The summed E-state index contributed by atoms with van der Waals surface area (Å²) in [5.74, 6) is -0.854. The van der Waals surface area contributed by atoms with Gasteiger partial charge in [0.15, 0.2) is 5.78 Å². The zero-order valence-electron chi connectivity index (χ0n) is 11.8. The van der Waals surface area contributed by atoms with Gasteiger partial charge < -0.3 is 0 Å². The summed E-state index contributed by atoms with van der Waals surface area (Å²) in [6.07, 6.45) is 0.165. The molecule has 104 valence electrons. The van der Waals surface area contributed by atoms with Crippen LogP contribution in [0.25, 0.3) is 0 Å². The Morgan fingerprint density at radius 1 is 1.15 bits per heavy atom. The van der Waals surface area contributed by atoms with E-state index in [4.69, 9.17) is 11.6 Å². The molecule has 0 unspecified atom stereocenters. The average molecular weight is 291 g/mol. The van der Waals surface area contributed by atoms with E-state index < -0.39 is 5.82 Å². The molecule has 0 atom stereocenters. The van der Waals surface area contributed by atoms with E-state index in [1.54, 1.807) is 0 Å². The summed E-state index contributed by atoms with van der Waals surface area (Å²) in [7, 11) is 0. The summed E-state index contributed by atoms with van der Waals surface area (Å²) in [6.45, 7) is 5.94. The third-order valence-electron chi connectivity index (χ3n) is 3.42. The number of ketones is 1. The molecule has 0 aliphatic carbocycles. The SMILES string of the molecule is Cc1cc(C)c(CC(=O)c2c(F)cccc2Cl)c(C)c1. The molecule has 1 nitrogen and oxygen atoms in total. The highest BCUT2D eigenvalue weighted by atomic mass is 35.5. The van der Waals surface area contributed by atoms with Gasteiger partial charge in [-0.25, -0.2) is 4.39 Å². The van der Waals surface area contributed by atoms with Crippen LogP contribution in [0.15, 0.2) is 30.3 Å². The van der Waals surface area contributed by atoms with Crippen molar-refractivity contribution in [1.29, 1.82) is 0 Å². The fourth-order valence-electron chi connectivity index (χ4n) is 2.50. The fraction of sp³-hybridized carbons (Fsp3) is 0.235. The number of Topliss-reactive ketones (excluding diaryl/α,β-unsaturated/α-hetero) is 1. The molecular weight excluding hydrogens is 275 g/mol. The van der Waals surface area contributed by atoms with Gasteiger partial charge in [-0.05, 0) is 49.6 Å². The van der Waals surface area contributed by atoms with Crippen molar-refractivity contribution in [2.45, 2.75) is 27.2 Å². The summed E-state index contributed by atoms with van der Waals surface area (Å²) in [6, 6.07) is 8.34. The van der Waals surface area contributed by atoms with Crippen molar-refractivity contribution in [3.63, 3.8) is 0 Å². The highest BCUT2D eigenvalue weighted by Crippen LogP contribution is 2.23. The summed E-state index contributed by atoms with van der Waals surface area (Å²) >= 11 is 5.93. The maximum absolute atomic E-state index is 13.8. The molecule has 2 aromatic carbocycles. The topological polar surface area (TPSA) is 17.1 Å². The third-order valence-corrected chi connectivity index (χ3v) is 3.73. The molecule has 0 aliphatic rings. The van der Waals surface area contributed by atoms with E-state index in [0.717, 1.165) is 22.3 Å². The number of benzene rings is 2. The first-order valence-electron chi connectivity index (χ1n) is 6.44. The molecule has 0 N–H and O–H groups in total. The lowest BCUT2D eigenvalue weighted by molar-refractivity contribution is 0.0989. The first kappa shape index (κ1) is 14.7. The lowest BCUT2D eigenvalue weighted by atomic mass is 9.94. The molecule has 0 saturated heterocycles. The number of carbonyl (C=O) groups is 1. The Morgan fingerprint density at radius 3 is 2.30 bits per heavy atom. The number of aryl methyl sites for hydroxylation is 3. The first-order chi connectivity index (χ1) is 9.40. The van der Waals surface area contributed by atoms with Crippen LogP contribution in [0.1, 0.15) is 32.6 Å². The molecule has 2 rings (SSSR count). The van der Waals surface area contributed by atoms with Crippen molar-refractivity contribution in [2.75, 3.05) is 0 Å². The highest BCUT2D eigenvalue weighted by molar-refractivity contribution is 6.34. The third kappa shape index (κ3) is 2.91. The van der Waals surface area contributed by atoms with Gasteiger partial charge in [-0.15, -0.1) is 0 Å². The minimum absolute atomic E-state index is 0.0199. The van der Waals surface area contributed by atoms with Crippen LogP contribution in [-0.2, 0) is 6.42 Å². The molecular formula is C17H16ClFO. The molecule has 0 spiro atoms. The Morgan fingerprint density at radius 2 is 1.75 bits per heavy atom. The van der Waals surface area contributed by atoms with Crippen LogP contribution >= 0.6 is 11.6 Å². The molecule has 0 bridgehead atoms. The van der Waals surface area contributed by atoms with Gasteiger partial charge in [-0.3, -0.25) is 4.79 Å². The molecule has 0 amide bonds. The Balaban J connectivity index is 2.38. The maximum atomic E-state index is 13.8. The van der Waals surface area contributed by atoms with Crippen LogP contribution in [0.2, 0.25) is 5.02 Å². The van der Waals surface area contributed by atoms with E-state index in [2.05, 4.69) is 0 Å². The molecule has 0 aliphatic heterocycles.